The maximum Gasteiger partial charge on any atom is 0.307 e. The first kappa shape index (κ1) is 19.6. The summed E-state index contributed by atoms with van der Waals surface area (Å²) < 4.78 is 19.6. The van der Waals surface area contributed by atoms with E-state index in [0.717, 1.165) is 33.6 Å². The van der Waals surface area contributed by atoms with Crippen LogP contribution in [0.1, 0.15) is 35.6 Å². The Bertz CT molecular complexity index is 1140. The predicted molar refractivity (Wildman–Crippen MR) is 116 cm³/mol. The number of rotatable bonds is 6. The third kappa shape index (κ3) is 4.18. The van der Waals surface area contributed by atoms with Gasteiger partial charge in [0.05, 0.1) is 6.42 Å². The molecule has 0 bridgehead atoms. The van der Waals surface area contributed by atoms with Gasteiger partial charge in [-0.1, -0.05) is 48.5 Å². The Hall–Kier alpha value is -3.66. The van der Waals surface area contributed by atoms with E-state index in [1.165, 1.54) is 12.1 Å². The van der Waals surface area contributed by atoms with Gasteiger partial charge in [-0.15, -0.1) is 0 Å². The van der Waals surface area contributed by atoms with Gasteiger partial charge in [-0.25, -0.2) is 4.39 Å². The Labute approximate surface area is 174 Å². The quantitative estimate of drug-likeness (QED) is 0.535. The summed E-state index contributed by atoms with van der Waals surface area (Å²) in [7, 11) is 0. The Kier molecular flexibility index (Phi) is 5.48. The summed E-state index contributed by atoms with van der Waals surface area (Å²) in [6, 6.07) is 22.2. The number of hydrogen-bond donors (Lipinski definition) is 1. The number of benzene rings is 3. The molecule has 1 N–H and O–H groups in total. The zero-order valence-corrected chi connectivity index (χ0v) is 16.6. The van der Waals surface area contributed by atoms with Crippen molar-refractivity contribution in [3.8, 4) is 5.75 Å². The maximum absolute atomic E-state index is 13.8. The second-order valence-corrected chi connectivity index (χ2v) is 7.27. The molecule has 0 amide bonds. The van der Waals surface area contributed by atoms with Crippen LogP contribution in [0.2, 0.25) is 0 Å². The first-order valence-electron chi connectivity index (χ1n) is 9.72. The summed E-state index contributed by atoms with van der Waals surface area (Å²) in [5.74, 6) is -0.528. The third-order valence-corrected chi connectivity index (χ3v) is 5.22. The monoisotopic (exact) mass is 400 g/mol. The molecule has 0 atom stereocenters. The topological polar surface area (TPSA) is 46.5 Å². The van der Waals surface area contributed by atoms with E-state index < -0.39 is 5.97 Å². The molecule has 3 nitrogen and oxygen atoms in total. The number of carboxylic acids is 1. The molecule has 30 heavy (non-hydrogen) atoms. The molecule has 0 unspecified atom stereocenters. The highest BCUT2D eigenvalue weighted by Crippen LogP contribution is 2.43. The molecule has 0 aliphatic heterocycles. The van der Waals surface area contributed by atoms with Crippen molar-refractivity contribution in [2.75, 3.05) is 0 Å². The van der Waals surface area contributed by atoms with E-state index in [4.69, 9.17) is 4.74 Å². The van der Waals surface area contributed by atoms with Gasteiger partial charge in [-0.3, -0.25) is 4.79 Å². The second kappa shape index (κ2) is 8.37. The Morgan fingerprint density at radius 2 is 1.73 bits per heavy atom. The lowest BCUT2D eigenvalue weighted by atomic mass is 10.0. The average molecular weight is 400 g/mol. The van der Waals surface area contributed by atoms with Gasteiger partial charge < -0.3 is 9.84 Å². The molecule has 4 rings (SSSR count). The van der Waals surface area contributed by atoms with Gasteiger partial charge in [0.15, 0.2) is 0 Å². The molecule has 0 aromatic heterocycles. The van der Waals surface area contributed by atoms with Crippen molar-refractivity contribution in [1.29, 1.82) is 0 Å². The lowest BCUT2D eigenvalue weighted by Crippen LogP contribution is -1.97. The van der Waals surface area contributed by atoms with E-state index in [9.17, 15) is 14.3 Å². The average Bonchev–Trinajstić information content (AvgIpc) is 2.99. The van der Waals surface area contributed by atoms with Crippen LogP contribution in [0.4, 0.5) is 4.39 Å². The summed E-state index contributed by atoms with van der Waals surface area (Å²) >= 11 is 0. The van der Waals surface area contributed by atoms with Crippen LogP contribution in [-0.2, 0) is 11.4 Å². The highest BCUT2D eigenvalue weighted by molar-refractivity contribution is 6.07. The van der Waals surface area contributed by atoms with Gasteiger partial charge >= 0.3 is 5.97 Å². The predicted octanol–water partition coefficient (Wildman–Crippen LogP) is 6.21. The highest BCUT2D eigenvalue weighted by Gasteiger charge is 2.25. The zero-order chi connectivity index (χ0) is 21.1. The van der Waals surface area contributed by atoms with E-state index in [-0.39, 0.29) is 12.2 Å². The number of carboxylic acid groups (broad SMARTS) is 1. The number of carbonyl (C=O) groups is 1. The molecular formula is C26H21FO3. The molecule has 3 aromatic carbocycles. The molecular weight excluding hydrogens is 379 g/mol. The fourth-order valence-corrected chi connectivity index (χ4v) is 3.70. The van der Waals surface area contributed by atoms with Gasteiger partial charge in [0.2, 0.25) is 0 Å². The normalized spacial score (nSPS) is 14.1. The minimum atomic E-state index is -0.930. The van der Waals surface area contributed by atoms with Crippen LogP contribution in [0.15, 0.2) is 78.4 Å². The highest BCUT2D eigenvalue weighted by atomic mass is 19.1. The number of fused-ring (bicyclic) bond motifs is 1. The van der Waals surface area contributed by atoms with E-state index >= 15 is 0 Å². The summed E-state index contributed by atoms with van der Waals surface area (Å²) in [6.45, 7) is 2.39. The molecule has 0 saturated carbocycles. The van der Waals surface area contributed by atoms with E-state index in [2.05, 4.69) is 0 Å². The number of halogens is 1. The number of aliphatic carboxylic acids is 1. The van der Waals surface area contributed by atoms with Gasteiger partial charge in [0.25, 0.3) is 0 Å². The number of ether oxygens (including phenoxy) is 1. The van der Waals surface area contributed by atoms with Crippen molar-refractivity contribution < 1.29 is 19.0 Å². The van der Waals surface area contributed by atoms with Gasteiger partial charge in [0.1, 0.15) is 18.2 Å². The molecule has 150 valence electrons. The van der Waals surface area contributed by atoms with Crippen molar-refractivity contribution in [2.45, 2.75) is 20.0 Å². The van der Waals surface area contributed by atoms with Crippen molar-refractivity contribution in [3.63, 3.8) is 0 Å². The smallest absolute Gasteiger partial charge is 0.307 e. The maximum atomic E-state index is 13.8. The lowest BCUT2D eigenvalue weighted by molar-refractivity contribution is -0.135. The Morgan fingerprint density at radius 3 is 2.43 bits per heavy atom. The minimum absolute atomic E-state index is 0.133. The lowest BCUT2D eigenvalue weighted by Gasteiger charge is -2.07. The van der Waals surface area contributed by atoms with Gasteiger partial charge in [-0.05, 0) is 76.2 Å². The Morgan fingerprint density at radius 1 is 1.00 bits per heavy atom. The zero-order valence-electron chi connectivity index (χ0n) is 16.6. The summed E-state index contributed by atoms with van der Waals surface area (Å²) in [4.78, 5) is 11.3. The fraction of sp³-hybridized carbons (Fsp3) is 0.115. The number of hydrogen-bond acceptors (Lipinski definition) is 2. The second-order valence-electron chi connectivity index (χ2n) is 7.27. The van der Waals surface area contributed by atoms with Crippen LogP contribution >= 0.6 is 0 Å². The Balaban J connectivity index is 1.59. The van der Waals surface area contributed by atoms with Crippen LogP contribution in [0.3, 0.4) is 0 Å². The molecule has 0 radical (unpaired) electrons. The summed E-state index contributed by atoms with van der Waals surface area (Å²) in [5.41, 5.74) is 6.01. The number of allylic oxidation sites excluding steroid dienone is 2. The molecule has 4 heteroatoms. The molecule has 0 saturated heterocycles. The van der Waals surface area contributed by atoms with Crippen molar-refractivity contribution >= 4 is 23.2 Å². The molecule has 0 spiro atoms. The van der Waals surface area contributed by atoms with Crippen molar-refractivity contribution in [2.24, 2.45) is 0 Å². The molecule has 1 aliphatic carbocycles. The first-order chi connectivity index (χ1) is 14.5. The minimum Gasteiger partial charge on any atom is -0.489 e. The molecule has 3 aromatic rings. The van der Waals surface area contributed by atoms with Crippen LogP contribution in [-0.4, -0.2) is 11.1 Å². The first-order valence-corrected chi connectivity index (χ1v) is 9.72. The summed E-state index contributed by atoms with van der Waals surface area (Å²) in [5, 5.41) is 9.26. The largest absolute Gasteiger partial charge is 0.489 e. The van der Waals surface area contributed by atoms with Gasteiger partial charge in [-0.2, -0.15) is 0 Å². The van der Waals surface area contributed by atoms with E-state index in [0.29, 0.717) is 17.7 Å². The van der Waals surface area contributed by atoms with Crippen LogP contribution in [0, 0.1) is 5.82 Å². The van der Waals surface area contributed by atoms with Crippen LogP contribution in [0.25, 0.3) is 17.2 Å². The SMILES string of the molecule is CC1=C(CC(=O)O)c2cc(F)ccc2/C1=C\c1ccc(OCc2ccccc2)cc1. The van der Waals surface area contributed by atoms with Crippen LogP contribution in [0.5, 0.6) is 5.75 Å². The van der Waals surface area contributed by atoms with Crippen LogP contribution < -0.4 is 4.74 Å². The standard InChI is InChI=1S/C26H21FO3/c1-17-23(22-12-9-20(27)14-25(22)24(17)15-26(28)29)13-18-7-10-21(11-8-18)30-16-19-5-3-2-4-6-19/h2-14H,15-16H2,1H3,(H,28,29)/b23-13-. The third-order valence-electron chi connectivity index (χ3n) is 5.22. The van der Waals surface area contributed by atoms with E-state index in [1.807, 2.05) is 67.6 Å². The molecule has 0 heterocycles. The van der Waals surface area contributed by atoms with Crippen molar-refractivity contribution in [1.82, 2.24) is 0 Å². The van der Waals surface area contributed by atoms with Crippen molar-refractivity contribution in [3.05, 3.63) is 106 Å². The van der Waals surface area contributed by atoms with E-state index in [1.54, 1.807) is 6.07 Å². The fourth-order valence-electron chi connectivity index (χ4n) is 3.70. The van der Waals surface area contributed by atoms with Gasteiger partial charge in [0, 0.05) is 0 Å². The molecule has 0 fully saturated rings. The molecule has 1 aliphatic rings. The summed E-state index contributed by atoms with van der Waals surface area (Å²) in [6.07, 6.45) is 1.87.